The molecule has 7 heteroatoms. The summed E-state index contributed by atoms with van der Waals surface area (Å²) in [6.07, 6.45) is -4.47. The van der Waals surface area contributed by atoms with E-state index >= 15 is 0 Å². The number of hydrogen-bond acceptors (Lipinski definition) is 2. The summed E-state index contributed by atoms with van der Waals surface area (Å²) < 4.78 is 56.1. The average Bonchev–Trinajstić information content (AvgIpc) is 2.33. The summed E-state index contributed by atoms with van der Waals surface area (Å²) in [6, 6.07) is 6.45. The van der Waals surface area contributed by atoms with E-state index in [4.69, 9.17) is 10.5 Å². The lowest BCUT2D eigenvalue weighted by Crippen LogP contribution is -2.06. The van der Waals surface area contributed by atoms with Crippen LogP contribution < -0.4 is 10.5 Å². The van der Waals surface area contributed by atoms with Gasteiger partial charge in [0.15, 0.2) is 0 Å². The van der Waals surface area contributed by atoms with Crippen molar-refractivity contribution in [1.29, 1.82) is 0 Å². The molecule has 0 bridgehead atoms. The van der Waals surface area contributed by atoms with E-state index in [1.165, 1.54) is 18.2 Å². The first-order valence-electron chi connectivity index (χ1n) is 5.37. The zero-order valence-electron chi connectivity index (χ0n) is 9.84. The van der Waals surface area contributed by atoms with Gasteiger partial charge in [0.2, 0.25) is 0 Å². The average molecular weight is 350 g/mol. The molecule has 106 valence electrons. The molecule has 0 spiro atoms. The van der Waals surface area contributed by atoms with Crippen LogP contribution in [0.1, 0.15) is 5.56 Å². The third-order valence-electron chi connectivity index (χ3n) is 2.45. The Labute approximate surface area is 120 Å². The maximum atomic E-state index is 12.9. The number of hydrogen-bond donors (Lipinski definition) is 1. The van der Waals surface area contributed by atoms with E-state index in [0.717, 1.165) is 18.2 Å². The second-order valence-electron chi connectivity index (χ2n) is 3.93. The van der Waals surface area contributed by atoms with Crippen LogP contribution >= 0.6 is 15.9 Å². The minimum absolute atomic E-state index is 0.0605. The molecule has 2 aromatic carbocycles. The van der Waals surface area contributed by atoms with Gasteiger partial charge < -0.3 is 10.5 Å². The molecule has 0 aliphatic carbocycles. The largest absolute Gasteiger partial charge is 0.454 e. The lowest BCUT2D eigenvalue weighted by atomic mass is 10.2. The molecule has 0 aliphatic heterocycles. The standard InChI is InChI=1S/C13H8BrF4NO/c14-9-6-8(15)2-4-11(9)20-12-3-1-7(5-10(12)19)13(16,17)18/h1-6H,19H2. The number of nitrogen functional groups attached to an aromatic ring is 1. The van der Waals surface area contributed by atoms with Gasteiger partial charge in [0.1, 0.15) is 17.3 Å². The number of nitrogens with two attached hydrogens (primary N) is 1. The first kappa shape index (κ1) is 14.6. The van der Waals surface area contributed by atoms with Crippen molar-refractivity contribution < 1.29 is 22.3 Å². The normalized spacial score (nSPS) is 11.4. The fraction of sp³-hybridized carbons (Fsp3) is 0.0769. The Kier molecular flexibility index (Phi) is 3.89. The lowest BCUT2D eigenvalue weighted by molar-refractivity contribution is -0.137. The van der Waals surface area contributed by atoms with Gasteiger partial charge in [0, 0.05) is 0 Å². The van der Waals surface area contributed by atoms with Gasteiger partial charge in [-0.2, -0.15) is 13.2 Å². The van der Waals surface area contributed by atoms with Crippen molar-refractivity contribution in [1.82, 2.24) is 0 Å². The molecule has 0 fully saturated rings. The second-order valence-corrected chi connectivity index (χ2v) is 4.78. The minimum Gasteiger partial charge on any atom is -0.454 e. The molecular formula is C13H8BrF4NO. The molecule has 0 saturated carbocycles. The van der Waals surface area contributed by atoms with Gasteiger partial charge in [-0.1, -0.05) is 0 Å². The quantitative estimate of drug-likeness (QED) is 0.612. The van der Waals surface area contributed by atoms with E-state index in [1.807, 2.05) is 0 Å². The number of alkyl halides is 3. The topological polar surface area (TPSA) is 35.2 Å². The monoisotopic (exact) mass is 349 g/mol. The van der Waals surface area contributed by atoms with Crippen molar-refractivity contribution in [2.24, 2.45) is 0 Å². The van der Waals surface area contributed by atoms with Crippen LogP contribution in [-0.2, 0) is 6.18 Å². The molecule has 20 heavy (non-hydrogen) atoms. The van der Waals surface area contributed by atoms with E-state index in [2.05, 4.69) is 15.9 Å². The van der Waals surface area contributed by atoms with Crippen LogP contribution in [0, 0.1) is 5.82 Å². The van der Waals surface area contributed by atoms with E-state index < -0.39 is 17.6 Å². The highest BCUT2D eigenvalue weighted by atomic mass is 79.9. The first-order valence-corrected chi connectivity index (χ1v) is 6.16. The fourth-order valence-corrected chi connectivity index (χ4v) is 1.93. The highest BCUT2D eigenvalue weighted by Gasteiger charge is 2.31. The summed E-state index contributed by atoms with van der Waals surface area (Å²) >= 11 is 3.09. The number of rotatable bonds is 2. The van der Waals surface area contributed by atoms with Crippen LogP contribution in [0.5, 0.6) is 11.5 Å². The van der Waals surface area contributed by atoms with Gasteiger partial charge in [-0.25, -0.2) is 4.39 Å². The molecule has 2 N–H and O–H groups in total. The summed E-state index contributed by atoms with van der Waals surface area (Å²) in [6.45, 7) is 0. The smallest absolute Gasteiger partial charge is 0.416 e. The molecule has 0 aromatic heterocycles. The summed E-state index contributed by atoms with van der Waals surface area (Å²) in [5, 5.41) is 0. The maximum Gasteiger partial charge on any atom is 0.416 e. The molecule has 0 heterocycles. The summed E-state index contributed by atoms with van der Waals surface area (Å²) in [5.74, 6) is -0.159. The van der Waals surface area contributed by atoms with Crippen molar-refractivity contribution in [2.45, 2.75) is 6.18 Å². The number of benzene rings is 2. The Morgan fingerprint density at radius 1 is 1.00 bits per heavy atom. The molecule has 0 amide bonds. The number of ether oxygens (including phenoxy) is 1. The zero-order chi connectivity index (χ0) is 14.9. The van der Waals surface area contributed by atoms with Crippen molar-refractivity contribution in [3.05, 3.63) is 52.3 Å². The maximum absolute atomic E-state index is 12.9. The SMILES string of the molecule is Nc1cc(C(F)(F)F)ccc1Oc1ccc(F)cc1Br. The number of halogens is 5. The molecule has 2 nitrogen and oxygen atoms in total. The predicted molar refractivity (Wildman–Crippen MR) is 70.0 cm³/mol. The highest BCUT2D eigenvalue weighted by Crippen LogP contribution is 2.37. The third kappa shape index (κ3) is 3.22. The summed E-state index contributed by atoms with van der Waals surface area (Å²) in [5.41, 5.74) is 4.51. The number of anilines is 1. The van der Waals surface area contributed by atoms with Gasteiger partial charge in [-0.05, 0) is 52.3 Å². The Morgan fingerprint density at radius 2 is 1.65 bits per heavy atom. The second kappa shape index (κ2) is 5.32. The van der Waals surface area contributed by atoms with E-state index in [0.29, 0.717) is 4.47 Å². The molecule has 2 rings (SSSR count). The molecule has 0 unspecified atom stereocenters. The van der Waals surface area contributed by atoms with Gasteiger partial charge in [0.05, 0.1) is 15.7 Å². The fourth-order valence-electron chi connectivity index (χ4n) is 1.49. The minimum atomic E-state index is -4.47. The summed E-state index contributed by atoms with van der Waals surface area (Å²) in [4.78, 5) is 0. The van der Waals surface area contributed by atoms with Crippen molar-refractivity contribution >= 4 is 21.6 Å². The predicted octanol–water partition coefficient (Wildman–Crippen LogP) is 4.98. The van der Waals surface area contributed by atoms with Crippen LogP contribution in [0.4, 0.5) is 23.2 Å². The molecule has 0 atom stereocenters. The zero-order valence-corrected chi connectivity index (χ0v) is 11.4. The Balaban J connectivity index is 2.30. The molecular weight excluding hydrogens is 342 g/mol. The van der Waals surface area contributed by atoms with Gasteiger partial charge in [-0.15, -0.1) is 0 Å². The van der Waals surface area contributed by atoms with Crippen molar-refractivity contribution in [3.8, 4) is 11.5 Å². The third-order valence-corrected chi connectivity index (χ3v) is 3.07. The van der Waals surface area contributed by atoms with E-state index in [-0.39, 0.29) is 17.2 Å². The van der Waals surface area contributed by atoms with E-state index in [1.54, 1.807) is 0 Å². The van der Waals surface area contributed by atoms with Gasteiger partial charge in [-0.3, -0.25) is 0 Å². The lowest BCUT2D eigenvalue weighted by Gasteiger charge is -2.12. The van der Waals surface area contributed by atoms with Crippen LogP contribution in [-0.4, -0.2) is 0 Å². The van der Waals surface area contributed by atoms with Crippen LogP contribution in [0.25, 0.3) is 0 Å². The van der Waals surface area contributed by atoms with Crippen LogP contribution in [0.15, 0.2) is 40.9 Å². The summed E-state index contributed by atoms with van der Waals surface area (Å²) in [7, 11) is 0. The molecule has 0 aliphatic rings. The van der Waals surface area contributed by atoms with Crippen LogP contribution in [0.2, 0.25) is 0 Å². The molecule has 0 saturated heterocycles. The highest BCUT2D eigenvalue weighted by molar-refractivity contribution is 9.10. The van der Waals surface area contributed by atoms with Gasteiger partial charge >= 0.3 is 6.18 Å². The Bertz CT molecular complexity index is 643. The van der Waals surface area contributed by atoms with Crippen LogP contribution in [0.3, 0.4) is 0 Å². The Morgan fingerprint density at radius 3 is 2.20 bits per heavy atom. The van der Waals surface area contributed by atoms with Crippen molar-refractivity contribution in [3.63, 3.8) is 0 Å². The molecule has 0 radical (unpaired) electrons. The molecule has 2 aromatic rings. The van der Waals surface area contributed by atoms with E-state index in [9.17, 15) is 17.6 Å². The van der Waals surface area contributed by atoms with Crippen molar-refractivity contribution in [2.75, 3.05) is 5.73 Å². The Hall–Kier alpha value is -1.76. The first-order chi connectivity index (χ1) is 9.27. The van der Waals surface area contributed by atoms with Gasteiger partial charge in [0.25, 0.3) is 0 Å².